The first kappa shape index (κ1) is 15.5. The minimum Gasteiger partial charge on any atom is -0.397 e. The summed E-state index contributed by atoms with van der Waals surface area (Å²) in [4.78, 5) is 0.0476. The minimum atomic E-state index is -3.70. The lowest BCUT2D eigenvalue weighted by Crippen LogP contribution is -2.18. The van der Waals surface area contributed by atoms with Gasteiger partial charge in [0, 0.05) is 11.3 Å². The number of sulfonamides is 1. The molecule has 0 spiro atoms. The van der Waals surface area contributed by atoms with Crippen LogP contribution in [0.3, 0.4) is 0 Å². The highest BCUT2D eigenvalue weighted by molar-refractivity contribution is 7.99. The molecule has 1 aromatic carbocycles. The van der Waals surface area contributed by atoms with Crippen molar-refractivity contribution in [1.29, 1.82) is 0 Å². The predicted octanol–water partition coefficient (Wildman–Crippen LogP) is 2.00. The molecule has 1 saturated carbocycles. The number of primary sulfonamides is 1. The Morgan fingerprint density at radius 1 is 1.40 bits per heavy atom. The first-order valence-corrected chi connectivity index (χ1v) is 9.30. The second-order valence-corrected chi connectivity index (χ2v) is 8.16. The van der Waals surface area contributed by atoms with Crippen LogP contribution >= 0.6 is 11.8 Å². The molecule has 0 saturated heterocycles. The molecule has 0 aliphatic heterocycles. The summed E-state index contributed by atoms with van der Waals surface area (Å²) in [5.41, 5.74) is 7.10. The van der Waals surface area contributed by atoms with Crippen LogP contribution in [0.4, 0.5) is 11.4 Å². The molecule has 2 atom stereocenters. The van der Waals surface area contributed by atoms with Crippen molar-refractivity contribution in [1.82, 2.24) is 0 Å². The Labute approximate surface area is 124 Å². The maximum absolute atomic E-state index is 11.3. The molecule has 112 valence electrons. The highest BCUT2D eigenvalue weighted by Crippen LogP contribution is 2.33. The van der Waals surface area contributed by atoms with Gasteiger partial charge in [-0.3, -0.25) is 0 Å². The molecule has 1 aliphatic rings. The van der Waals surface area contributed by atoms with Gasteiger partial charge in [-0.25, -0.2) is 13.6 Å². The van der Waals surface area contributed by atoms with Gasteiger partial charge in [0.15, 0.2) is 0 Å². The molecule has 2 unspecified atom stereocenters. The van der Waals surface area contributed by atoms with E-state index in [0.29, 0.717) is 17.0 Å². The normalized spacial score (nSPS) is 22.9. The van der Waals surface area contributed by atoms with Gasteiger partial charge in [-0.2, -0.15) is 11.8 Å². The first-order valence-electron chi connectivity index (χ1n) is 6.70. The van der Waals surface area contributed by atoms with Gasteiger partial charge in [-0.15, -0.1) is 0 Å². The Kier molecular flexibility index (Phi) is 4.82. The standard InChI is InChI=1S/C13H21N3O2S2/c1-2-19-10-4-3-9(7-10)16-13-6-5-11(8-12(13)14)20(15,17)18/h5-6,8-10,16H,2-4,7,14H2,1H3,(H2,15,17,18). The van der Waals surface area contributed by atoms with E-state index in [4.69, 9.17) is 10.9 Å². The summed E-state index contributed by atoms with van der Waals surface area (Å²) >= 11 is 2.00. The zero-order valence-corrected chi connectivity index (χ0v) is 13.1. The zero-order valence-electron chi connectivity index (χ0n) is 11.5. The quantitative estimate of drug-likeness (QED) is 0.722. The number of hydrogen-bond acceptors (Lipinski definition) is 5. The summed E-state index contributed by atoms with van der Waals surface area (Å²) in [6.07, 6.45) is 3.45. The maximum atomic E-state index is 11.3. The van der Waals surface area contributed by atoms with Crippen LogP contribution in [0.2, 0.25) is 0 Å². The smallest absolute Gasteiger partial charge is 0.238 e. The molecule has 2 rings (SSSR count). The number of anilines is 2. The molecule has 20 heavy (non-hydrogen) atoms. The largest absolute Gasteiger partial charge is 0.397 e. The van der Waals surface area contributed by atoms with Gasteiger partial charge in [0.1, 0.15) is 0 Å². The van der Waals surface area contributed by atoms with E-state index in [1.165, 1.54) is 18.6 Å². The van der Waals surface area contributed by atoms with Crippen molar-refractivity contribution in [2.75, 3.05) is 16.8 Å². The third-order valence-corrected chi connectivity index (χ3v) is 5.64. The van der Waals surface area contributed by atoms with E-state index in [-0.39, 0.29) is 4.90 Å². The van der Waals surface area contributed by atoms with Crippen LogP contribution in [-0.2, 0) is 10.0 Å². The Balaban J connectivity index is 2.04. The lowest BCUT2D eigenvalue weighted by molar-refractivity contribution is 0.598. The third-order valence-electron chi connectivity index (χ3n) is 3.50. The summed E-state index contributed by atoms with van der Waals surface area (Å²) in [6.45, 7) is 2.18. The van der Waals surface area contributed by atoms with Crippen molar-refractivity contribution in [3.63, 3.8) is 0 Å². The van der Waals surface area contributed by atoms with Crippen LogP contribution in [0.1, 0.15) is 26.2 Å². The minimum absolute atomic E-state index is 0.0476. The van der Waals surface area contributed by atoms with Crippen molar-refractivity contribution in [3.8, 4) is 0 Å². The molecule has 0 aromatic heterocycles. The van der Waals surface area contributed by atoms with Crippen molar-refractivity contribution >= 4 is 33.2 Å². The van der Waals surface area contributed by atoms with E-state index < -0.39 is 10.0 Å². The molecule has 0 bridgehead atoms. The van der Waals surface area contributed by atoms with Crippen LogP contribution in [0.15, 0.2) is 23.1 Å². The Hall–Kier alpha value is -0.920. The molecule has 1 fully saturated rings. The molecule has 0 radical (unpaired) electrons. The van der Waals surface area contributed by atoms with Crippen LogP contribution < -0.4 is 16.2 Å². The van der Waals surface area contributed by atoms with Crippen molar-refractivity contribution in [2.24, 2.45) is 5.14 Å². The average molecular weight is 315 g/mol. The highest BCUT2D eigenvalue weighted by atomic mass is 32.2. The van der Waals surface area contributed by atoms with E-state index in [9.17, 15) is 8.42 Å². The lowest BCUT2D eigenvalue weighted by atomic mass is 10.2. The lowest BCUT2D eigenvalue weighted by Gasteiger charge is -2.16. The first-order chi connectivity index (χ1) is 9.40. The zero-order chi connectivity index (χ0) is 14.8. The Bertz CT molecular complexity index is 575. The van der Waals surface area contributed by atoms with E-state index in [0.717, 1.165) is 24.3 Å². The van der Waals surface area contributed by atoms with Gasteiger partial charge >= 0.3 is 0 Å². The summed E-state index contributed by atoms with van der Waals surface area (Å²) in [7, 11) is -3.70. The molecule has 5 nitrogen and oxygen atoms in total. The molecule has 7 heteroatoms. The van der Waals surface area contributed by atoms with Crippen molar-refractivity contribution in [2.45, 2.75) is 42.4 Å². The SMILES string of the molecule is CCSC1CCC(Nc2ccc(S(N)(=O)=O)cc2N)C1. The number of nitrogens with one attached hydrogen (secondary N) is 1. The molecular weight excluding hydrogens is 294 g/mol. The number of benzene rings is 1. The van der Waals surface area contributed by atoms with Crippen molar-refractivity contribution in [3.05, 3.63) is 18.2 Å². The summed E-state index contributed by atoms with van der Waals surface area (Å²) in [5, 5.41) is 9.20. The Morgan fingerprint density at radius 3 is 2.75 bits per heavy atom. The van der Waals surface area contributed by atoms with E-state index >= 15 is 0 Å². The fraction of sp³-hybridized carbons (Fsp3) is 0.538. The van der Waals surface area contributed by atoms with E-state index in [1.54, 1.807) is 6.07 Å². The molecular formula is C13H21N3O2S2. The van der Waals surface area contributed by atoms with Crippen LogP contribution in [0.5, 0.6) is 0 Å². The average Bonchev–Trinajstić information content (AvgIpc) is 2.78. The van der Waals surface area contributed by atoms with Gasteiger partial charge in [-0.05, 0) is 43.2 Å². The maximum Gasteiger partial charge on any atom is 0.238 e. The van der Waals surface area contributed by atoms with Crippen LogP contribution in [-0.4, -0.2) is 25.5 Å². The number of thioether (sulfide) groups is 1. The van der Waals surface area contributed by atoms with Crippen molar-refractivity contribution < 1.29 is 8.42 Å². The van der Waals surface area contributed by atoms with E-state index in [2.05, 4.69) is 12.2 Å². The number of hydrogen-bond donors (Lipinski definition) is 3. The van der Waals surface area contributed by atoms with E-state index in [1.807, 2.05) is 11.8 Å². The van der Waals surface area contributed by atoms with Gasteiger partial charge in [0.2, 0.25) is 10.0 Å². The highest BCUT2D eigenvalue weighted by Gasteiger charge is 2.24. The second kappa shape index (κ2) is 6.24. The molecule has 0 amide bonds. The second-order valence-electron chi connectivity index (χ2n) is 5.03. The monoisotopic (exact) mass is 315 g/mol. The number of nitrogen functional groups attached to an aromatic ring is 1. The van der Waals surface area contributed by atoms with Gasteiger partial charge in [0.05, 0.1) is 16.3 Å². The molecule has 1 aliphatic carbocycles. The number of rotatable bonds is 5. The third kappa shape index (κ3) is 3.80. The predicted molar refractivity (Wildman–Crippen MR) is 85.4 cm³/mol. The molecule has 1 aromatic rings. The fourth-order valence-corrected chi connectivity index (χ4v) is 4.22. The van der Waals surface area contributed by atoms with Gasteiger partial charge in [-0.1, -0.05) is 6.92 Å². The summed E-state index contributed by atoms with van der Waals surface area (Å²) in [5.74, 6) is 1.14. The van der Waals surface area contributed by atoms with Gasteiger partial charge in [0.25, 0.3) is 0 Å². The van der Waals surface area contributed by atoms with Gasteiger partial charge < -0.3 is 11.1 Å². The topological polar surface area (TPSA) is 98.2 Å². The summed E-state index contributed by atoms with van der Waals surface area (Å²) in [6, 6.07) is 4.99. The number of nitrogens with two attached hydrogens (primary N) is 2. The molecule has 0 heterocycles. The fourth-order valence-electron chi connectivity index (χ4n) is 2.53. The Morgan fingerprint density at radius 2 is 2.15 bits per heavy atom. The van der Waals surface area contributed by atoms with Crippen LogP contribution in [0, 0.1) is 0 Å². The molecule has 5 N–H and O–H groups in total. The summed E-state index contributed by atoms with van der Waals surface area (Å²) < 4.78 is 22.5. The van der Waals surface area contributed by atoms with Crippen LogP contribution in [0.25, 0.3) is 0 Å².